The van der Waals surface area contributed by atoms with Crippen LogP contribution in [0.3, 0.4) is 0 Å². The molecule has 1 aromatic carbocycles. The maximum atomic E-state index is 12.5. The lowest BCUT2D eigenvalue weighted by Gasteiger charge is -2.13. The Hall–Kier alpha value is -2.36. The topological polar surface area (TPSA) is 59.3 Å². The molecule has 1 heterocycles. The quantitative estimate of drug-likeness (QED) is 0.858. The standard InChI is InChI=1S/C17H19NO3/c1-4-13(17(20)21)14-9-10-15(18(14)3)16(19)12-7-5-11(2)6-8-12/h5-10,13H,4H2,1-3H3,(H,20,21). The minimum Gasteiger partial charge on any atom is -0.481 e. The van der Waals surface area contributed by atoms with Crippen molar-refractivity contribution in [1.29, 1.82) is 0 Å². The normalized spacial score (nSPS) is 12.1. The number of benzene rings is 1. The van der Waals surface area contributed by atoms with Crippen LogP contribution in [0, 0.1) is 6.92 Å². The first kappa shape index (κ1) is 15.0. The second kappa shape index (κ2) is 5.95. The zero-order chi connectivity index (χ0) is 15.6. The van der Waals surface area contributed by atoms with Crippen molar-refractivity contribution in [2.24, 2.45) is 7.05 Å². The number of nitrogens with zero attached hydrogens (tertiary/aromatic N) is 1. The fourth-order valence-corrected chi connectivity index (χ4v) is 2.47. The van der Waals surface area contributed by atoms with E-state index < -0.39 is 11.9 Å². The van der Waals surface area contributed by atoms with Gasteiger partial charge in [-0.1, -0.05) is 36.8 Å². The van der Waals surface area contributed by atoms with Crippen LogP contribution in [0.2, 0.25) is 0 Å². The highest BCUT2D eigenvalue weighted by molar-refractivity contribution is 6.08. The molecule has 0 amide bonds. The van der Waals surface area contributed by atoms with Gasteiger partial charge in [0.25, 0.3) is 0 Å². The predicted molar refractivity (Wildman–Crippen MR) is 80.7 cm³/mol. The van der Waals surface area contributed by atoms with Gasteiger partial charge >= 0.3 is 5.97 Å². The van der Waals surface area contributed by atoms with Crippen LogP contribution < -0.4 is 0 Å². The third-order valence-corrected chi connectivity index (χ3v) is 3.77. The van der Waals surface area contributed by atoms with Gasteiger partial charge < -0.3 is 9.67 Å². The molecule has 4 heteroatoms. The Morgan fingerprint density at radius 1 is 1.14 bits per heavy atom. The summed E-state index contributed by atoms with van der Waals surface area (Å²) in [7, 11) is 1.74. The Balaban J connectivity index is 2.38. The second-order valence-corrected chi connectivity index (χ2v) is 5.20. The molecule has 0 fully saturated rings. The van der Waals surface area contributed by atoms with Crippen LogP contribution in [0.4, 0.5) is 0 Å². The van der Waals surface area contributed by atoms with Crippen molar-refractivity contribution in [3.63, 3.8) is 0 Å². The van der Waals surface area contributed by atoms with Crippen molar-refractivity contribution in [2.45, 2.75) is 26.2 Å². The lowest BCUT2D eigenvalue weighted by molar-refractivity contribution is -0.139. The molecule has 4 nitrogen and oxygen atoms in total. The van der Waals surface area contributed by atoms with E-state index in [1.54, 1.807) is 35.9 Å². The minimum atomic E-state index is -0.868. The Kier molecular flexibility index (Phi) is 4.26. The summed E-state index contributed by atoms with van der Waals surface area (Å²) in [6.07, 6.45) is 0.491. The van der Waals surface area contributed by atoms with Gasteiger partial charge in [0.2, 0.25) is 5.78 Å². The maximum Gasteiger partial charge on any atom is 0.312 e. The highest BCUT2D eigenvalue weighted by Crippen LogP contribution is 2.23. The third kappa shape index (κ3) is 2.89. The number of rotatable bonds is 5. The molecule has 1 aromatic heterocycles. The summed E-state index contributed by atoms with van der Waals surface area (Å²) in [4.78, 5) is 23.8. The van der Waals surface area contributed by atoms with Crippen LogP contribution in [-0.2, 0) is 11.8 Å². The third-order valence-electron chi connectivity index (χ3n) is 3.77. The minimum absolute atomic E-state index is 0.0935. The van der Waals surface area contributed by atoms with Gasteiger partial charge in [-0.25, -0.2) is 0 Å². The monoisotopic (exact) mass is 285 g/mol. The number of aryl methyl sites for hydroxylation is 1. The molecule has 21 heavy (non-hydrogen) atoms. The van der Waals surface area contributed by atoms with Crippen LogP contribution in [0.5, 0.6) is 0 Å². The van der Waals surface area contributed by atoms with E-state index in [0.717, 1.165) is 5.56 Å². The fourth-order valence-electron chi connectivity index (χ4n) is 2.47. The van der Waals surface area contributed by atoms with Crippen molar-refractivity contribution < 1.29 is 14.7 Å². The number of carboxylic acid groups (broad SMARTS) is 1. The second-order valence-electron chi connectivity index (χ2n) is 5.20. The van der Waals surface area contributed by atoms with E-state index in [1.807, 2.05) is 26.0 Å². The van der Waals surface area contributed by atoms with E-state index in [0.29, 0.717) is 23.4 Å². The lowest BCUT2D eigenvalue weighted by atomic mass is 10.0. The molecular formula is C17H19NO3. The largest absolute Gasteiger partial charge is 0.481 e. The summed E-state index contributed by atoms with van der Waals surface area (Å²) >= 11 is 0. The summed E-state index contributed by atoms with van der Waals surface area (Å²) in [6.45, 7) is 3.79. The zero-order valence-corrected chi connectivity index (χ0v) is 12.5. The summed E-state index contributed by atoms with van der Waals surface area (Å²) in [5.74, 6) is -1.55. The maximum absolute atomic E-state index is 12.5. The van der Waals surface area contributed by atoms with E-state index >= 15 is 0 Å². The van der Waals surface area contributed by atoms with Gasteiger partial charge in [0.1, 0.15) is 0 Å². The fraction of sp³-hybridized carbons (Fsp3) is 0.294. The van der Waals surface area contributed by atoms with Crippen molar-refractivity contribution in [2.75, 3.05) is 0 Å². The molecule has 0 aliphatic carbocycles. The van der Waals surface area contributed by atoms with Crippen LogP contribution in [0.1, 0.15) is 46.6 Å². The molecule has 0 aliphatic rings. The number of carboxylic acids is 1. The van der Waals surface area contributed by atoms with Gasteiger partial charge in [-0.15, -0.1) is 0 Å². The van der Waals surface area contributed by atoms with Gasteiger partial charge in [0.05, 0.1) is 11.6 Å². The molecule has 0 aliphatic heterocycles. The van der Waals surface area contributed by atoms with Crippen LogP contribution in [0.15, 0.2) is 36.4 Å². The van der Waals surface area contributed by atoms with Crippen molar-refractivity contribution in [1.82, 2.24) is 4.57 Å². The Morgan fingerprint density at radius 3 is 2.29 bits per heavy atom. The molecule has 1 atom stereocenters. The van der Waals surface area contributed by atoms with Gasteiger partial charge in [0, 0.05) is 18.3 Å². The number of hydrogen-bond donors (Lipinski definition) is 1. The lowest BCUT2D eigenvalue weighted by Crippen LogP contribution is -2.16. The number of aromatic nitrogens is 1. The van der Waals surface area contributed by atoms with Crippen molar-refractivity contribution in [3.8, 4) is 0 Å². The SMILES string of the molecule is CCC(C(=O)O)c1ccc(C(=O)c2ccc(C)cc2)n1C. The van der Waals surface area contributed by atoms with Gasteiger partial charge in [-0.05, 0) is 25.5 Å². The molecule has 0 radical (unpaired) electrons. The Labute approximate surface area is 124 Å². The number of ketones is 1. The first-order valence-electron chi connectivity index (χ1n) is 6.95. The van der Waals surface area contributed by atoms with E-state index in [1.165, 1.54) is 0 Å². The zero-order valence-electron chi connectivity index (χ0n) is 12.5. The molecule has 0 saturated heterocycles. The average Bonchev–Trinajstić information content (AvgIpc) is 2.81. The van der Waals surface area contributed by atoms with E-state index in [9.17, 15) is 14.7 Å². The molecule has 0 spiro atoms. The van der Waals surface area contributed by atoms with Gasteiger partial charge in [-0.2, -0.15) is 0 Å². The smallest absolute Gasteiger partial charge is 0.312 e. The van der Waals surface area contributed by atoms with E-state index in [4.69, 9.17) is 0 Å². The van der Waals surface area contributed by atoms with Crippen LogP contribution in [0.25, 0.3) is 0 Å². The molecule has 1 unspecified atom stereocenters. The Morgan fingerprint density at radius 2 is 1.76 bits per heavy atom. The molecule has 110 valence electrons. The highest BCUT2D eigenvalue weighted by Gasteiger charge is 2.23. The summed E-state index contributed by atoms with van der Waals surface area (Å²) < 4.78 is 1.68. The molecule has 2 aromatic rings. The first-order chi connectivity index (χ1) is 9.95. The highest BCUT2D eigenvalue weighted by atomic mass is 16.4. The molecule has 2 rings (SSSR count). The molecule has 0 bridgehead atoms. The molecule has 0 saturated carbocycles. The summed E-state index contributed by atoms with van der Waals surface area (Å²) in [6, 6.07) is 10.8. The summed E-state index contributed by atoms with van der Waals surface area (Å²) in [5.41, 5.74) is 2.86. The Bertz CT molecular complexity index is 668. The van der Waals surface area contributed by atoms with Crippen molar-refractivity contribution in [3.05, 3.63) is 58.9 Å². The number of carbonyl (C=O) groups is 2. The van der Waals surface area contributed by atoms with E-state index in [2.05, 4.69) is 0 Å². The number of hydrogen-bond acceptors (Lipinski definition) is 2. The van der Waals surface area contributed by atoms with Crippen LogP contribution >= 0.6 is 0 Å². The number of carbonyl (C=O) groups excluding carboxylic acids is 1. The van der Waals surface area contributed by atoms with Gasteiger partial charge in [-0.3, -0.25) is 9.59 Å². The average molecular weight is 285 g/mol. The van der Waals surface area contributed by atoms with Crippen molar-refractivity contribution >= 4 is 11.8 Å². The summed E-state index contributed by atoms with van der Waals surface area (Å²) in [5, 5.41) is 9.25. The van der Waals surface area contributed by atoms with E-state index in [-0.39, 0.29) is 5.78 Å². The van der Waals surface area contributed by atoms with Crippen LogP contribution in [-0.4, -0.2) is 21.4 Å². The molecule has 1 N–H and O–H groups in total. The van der Waals surface area contributed by atoms with Gasteiger partial charge in [0.15, 0.2) is 0 Å². The first-order valence-corrected chi connectivity index (χ1v) is 6.95. The molecular weight excluding hydrogens is 266 g/mol. The number of aliphatic carboxylic acids is 1. The predicted octanol–water partition coefficient (Wildman–Crippen LogP) is 3.14.